The van der Waals surface area contributed by atoms with E-state index in [4.69, 9.17) is 10.5 Å². The van der Waals surface area contributed by atoms with Gasteiger partial charge >= 0.3 is 0 Å². The maximum absolute atomic E-state index is 12.0. The quantitative estimate of drug-likeness (QED) is 0.788. The number of amides is 1. The van der Waals surface area contributed by atoms with Gasteiger partial charge in [0.05, 0.1) is 6.10 Å². The molecule has 106 valence electrons. The van der Waals surface area contributed by atoms with E-state index in [1.807, 2.05) is 7.05 Å². The van der Waals surface area contributed by atoms with Crippen molar-refractivity contribution in [2.75, 3.05) is 26.7 Å². The van der Waals surface area contributed by atoms with Crippen molar-refractivity contribution >= 4 is 5.91 Å². The van der Waals surface area contributed by atoms with Gasteiger partial charge in [-0.15, -0.1) is 0 Å². The summed E-state index contributed by atoms with van der Waals surface area (Å²) in [5.74, 6) is 0.200. The molecule has 0 aliphatic carbocycles. The Morgan fingerprint density at radius 2 is 2.17 bits per heavy atom. The molecule has 1 heterocycles. The van der Waals surface area contributed by atoms with Gasteiger partial charge in [0, 0.05) is 26.6 Å². The van der Waals surface area contributed by atoms with E-state index in [0.29, 0.717) is 25.6 Å². The van der Waals surface area contributed by atoms with E-state index in [1.54, 1.807) is 4.90 Å². The van der Waals surface area contributed by atoms with Crippen molar-refractivity contribution < 1.29 is 9.53 Å². The lowest BCUT2D eigenvalue weighted by Crippen LogP contribution is -2.40. The van der Waals surface area contributed by atoms with E-state index < -0.39 is 0 Å². The highest BCUT2D eigenvalue weighted by Crippen LogP contribution is 2.18. The van der Waals surface area contributed by atoms with Crippen molar-refractivity contribution in [2.45, 2.75) is 52.1 Å². The Morgan fingerprint density at radius 3 is 2.72 bits per heavy atom. The predicted octanol–water partition coefficient (Wildman–Crippen LogP) is 1.78. The molecular formula is C14H28N2O2. The SMILES string of the molecule is CN(CC(C)(C)CN)C(=O)CCC1CCCCO1. The van der Waals surface area contributed by atoms with Crippen molar-refractivity contribution in [1.29, 1.82) is 0 Å². The predicted molar refractivity (Wildman–Crippen MR) is 73.3 cm³/mol. The average molecular weight is 256 g/mol. The molecule has 0 radical (unpaired) electrons. The molecule has 1 atom stereocenters. The minimum atomic E-state index is -0.00819. The van der Waals surface area contributed by atoms with Gasteiger partial charge in [0.15, 0.2) is 0 Å². The summed E-state index contributed by atoms with van der Waals surface area (Å²) in [5, 5.41) is 0. The first-order valence-corrected chi connectivity index (χ1v) is 7.00. The van der Waals surface area contributed by atoms with Crippen molar-refractivity contribution in [2.24, 2.45) is 11.1 Å². The van der Waals surface area contributed by atoms with Gasteiger partial charge in [-0.05, 0) is 37.6 Å². The molecule has 1 aliphatic rings. The smallest absolute Gasteiger partial charge is 0.222 e. The second kappa shape index (κ2) is 7.10. The van der Waals surface area contributed by atoms with Crippen LogP contribution in [-0.2, 0) is 9.53 Å². The fourth-order valence-corrected chi connectivity index (χ4v) is 2.31. The molecule has 1 fully saturated rings. The largest absolute Gasteiger partial charge is 0.378 e. The highest BCUT2D eigenvalue weighted by atomic mass is 16.5. The summed E-state index contributed by atoms with van der Waals surface area (Å²) in [7, 11) is 1.86. The Hall–Kier alpha value is -0.610. The molecular weight excluding hydrogens is 228 g/mol. The van der Waals surface area contributed by atoms with Crippen LogP contribution >= 0.6 is 0 Å². The van der Waals surface area contributed by atoms with Crippen LogP contribution in [0.25, 0.3) is 0 Å². The standard InChI is InChI=1S/C14H28N2O2/c1-14(2,10-15)11-16(3)13(17)8-7-12-6-4-5-9-18-12/h12H,4-11,15H2,1-3H3. The second-order valence-corrected chi connectivity index (χ2v) is 6.15. The number of hydrogen-bond acceptors (Lipinski definition) is 3. The van der Waals surface area contributed by atoms with Crippen LogP contribution in [0.3, 0.4) is 0 Å². The molecule has 4 heteroatoms. The van der Waals surface area contributed by atoms with E-state index in [1.165, 1.54) is 6.42 Å². The van der Waals surface area contributed by atoms with Gasteiger partial charge in [-0.1, -0.05) is 13.8 Å². The number of carbonyl (C=O) groups excluding carboxylic acids is 1. The fraction of sp³-hybridized carbons (Fsp3) is 0.929. The summed E-state index contributed by atoms with van der Waals surface area (Å²) in [6, 6.07) is 0. The van der Waals surface area contributed by atoms with Crippen molar-refractivity contribution in [3.05, 3.63) is 0 Å². The minimum Gasteiger partial charge on any atom is -0.378 e. The van der Waals surface area contributed by atoms with Crippen LogP contribution < -0.4 is 5.73 Å². The van der Waals surface area contributed by atoms with Crippen molar-refractivity contribution in [3.63, 3.8) is 0 Å². The zero-order valence-electron chi connectivity index (χ0n) is 12.1. The van der Waals surface area contributed by atoms with Crippen molar-refractivity contribution in [3.8, 4) is 0 Å². The summed E-state index contributed by atoms with van der Waals surface area (Å²) < 4.78 is 5.64. The van der Waals surface area contributed by atoms with Crippen molar-refractivity contribution in [1.82, 2.24) is 4.90 Å². The summed E-state index contributed by atoms with van der Waals surface area (Å²) in [5.41, 5.74) is 5.68. The molecule has 0 bridgehead atoms. The van der Waals surface area contributed by atoms with E-state index in [-0.39, 0.29) is 11.3 Å². The lowest BCUT2D eigenvalue weighted by atomic mass is 9.93. The molecule has 0 spiro atoms. The third kappa shape index (κ3) is 5.36. The fourth-order valence-electron chi connectivity index (χ4n) is 2.31. The van der Waals surface area contributed by atoms with Gasteiger partial charge in [0.2, 0.25) is 5.91 Å². The van der Waals surface area contributed by atoms with Gasteiger partial charge in [0.1, 0.15) is 0 Å². The van der Waals surface area contributed by atoms with E-state index in [2.05, 4.69) is 13.8 Å². The zero-order chi connectivity index (χ0) is 13.6. The Balaban J connectivity index is 2.26. The number of carbonyl (C=O) groups is 1. The molecule has 2 N–H and O–H groups in total. The van der Waals surface area contributed by atoms with Crippen LogP contribution in [0, 0.1) is 5.41 Å². The number of ether oxygens (including phenoxy) is 1. The maximum Gasteiger partial charge on any atom is 0.222 e. The van der Waals surface area contributed by atoms with Crippen LogP contribution in [0.5, 0.6) is 0 Å². The van der Waals surface area contributed by atoms with Crippen LogP contribution in [0.1, 0.15) is 46.0 Å². The Bertz CT molecular complexity index is 261. The molecule has 18 heavy (non-hydrogen) atoms. The lowest BCUT2D eigenvalue weighted by Gasteiger charge is -2.29. The Morgan fingerprint density at radius 1 is 1.44 bits per heavy atom. The number of hydrogen-bond donors (Lipinski definition) is 1. The molecule has 4 nitrogen and oxygen atoms in total. The third-order valence-corrected chi connectivity index (χ3v) is 3.60. The Kier molecular flexibility index (Phi) is 6.09. The molecule has 1 amide bonds. The first-order chi connectivity index (χ1) is 8.44. The molecule has 0 aromatic heterocycles. The first kappa shape index (κ1) is 15.4. The molecule has 0 saturated carbocycles. The summed E-state index contributed by atoms with van der Waals surface area (Å²) in [4.78, 5) is 13.8. The zero-order valence-corrected chi connectivity index (χ0v) is 12.1. The third-order valence-electron chi connectivity index (χ3n) is 3.60. The summed E-state index contributed by atoms with van der Waals surface area (Å²) in [6.07, 6.45) is 5.22. The van der Waals surface area contributed by atoms with Gasteiger partial charge < -0.3 is 15.4 Å². The first-order valence-electron chi connectivity index (χ1n) is 7.00. The molecule has 1 rings (SSSR count). The molecule has 1 aliphatic heterocycles. The number of rotatable bonds is 6. The molecule has 1 saturated heterocycles. The topological polar surface area (TPSA) is 55.6 Å². The molecule has 0 aromatic rings. The van der Waals surface area contributed by atoms with Crippen LogP contribution in [-0.4, -0.2) is 43.7 Å². The van der Waals surface area contributed by atoms with Crippen LogP contribution in [0.2, 0.25) is 0 Å². The van der Waals surface area contributed by atoms with E-state index in [9.17, 15) is 4.79 Å². The number of nitrogens with two attached hydrogens (primary N) is 1. The minimum absolute atomic E-state index is 0.00819. The highest BCUT2D eigenvalue weighted by molar-refractivity contribution is 5.75. The Labute approximate surface area is 111 Å². The van der Waals surface area contributed by atoms with Crippen LogP contribution in [0.15, 0.2) is 0 Å². The number of nitrogens with zero attached hydrogens (tertiary/aromatic N) is 1. The molecule has 0 aromatic carbocycles. The second-order valence-electron chi connectivity index (χ2n) is 6.15. The lowest BCUT2D eigenvalue weighted by molar-refractivity contribution is -0.132. The van der Waals surface area contributed by atoms with Gasteiger partial charge in [-0.2, -0.15) is 0 Å². The summed E-state index contributed by atoms with van der Waals surface area (Å²) >= 11 is 0. The monoisotopic (exact) mass is 256 g/mol. The normalized spacial score (nSPS) is 20.8. The van der Waals surface area contributed by atoms with Crippen LogP contribution in [0.4, 0.5) is 0 Å². The van der Waals surface area contributed by atoms with Gasteiger partial charge in [-0.25, -0.2) is 0 Å². The maximum atomic E-state index is 12.0. The van der Waals surface area contributed by atoms with E-state index >= 15 is 0 Å². The average Bonchev–Trinajstić information content (AvgIpc) is 2.36. The van der Waals surface area contributed by atoms with Gasteiger partial charge in [-0.3, -0.25) is 4.79 Å². The molecule has 1 unspecified atom stereocenters. The van der Waals surface area contributed by atoms with Gasteiger partial charge in [0.25, 0.3) is 0 Å². The highest BCUT2D eigenvalue weighted by Gasteiger charge is 2.22. The summed E-state index contributed by atoms with van der Waals surface area (Å²) in [6.45, 7) is 6.33. The van der Waals surface area contributed by atoms with E-state index in [0.717, 1.165) is 25.9 Å².